The van der Waals surface area contributed by atoms with Crippen LogP contribution in [0.3, 0.4) is 0 Å². The van der Waals surface area contributed by atoms with Crippen molar-refractivity contribution in [3.63, 3.8) is 0 Å². The van der Waals surface area contributed by atoms with Gasteiger partial charge in [0.05, 0.1) is 18.2 Å². The van der Waals surface area contributed by atoms with Gasteiger partial charge in [0.2, 0.25) is 0 Å². The summed E-state index contributed by atoms with van der Waals surface area (Å²) >= 11 is 0. The van der Waals surface area contributed by atoms with Crippen LogP contribution in [0.2, 0.25) is 0 Å². The van der Waals surface area contributed by atoms with Gasteiger partial charge in [-0.2, -0.15) is 0 Å². The first-order valence-electron chi connectivity index (χ1n) is 15.0. The van der Waals surface area contributed by atoms with Gasteiger partial charge < -0.3 is 13.9 Å². The van der Waals surface area contributed by atoms with Crippen LogP contribution in [-0.2, 0) is 28.8 Å². The second-order valence-corrected chi connectivity index (χ2v) is 11.3. The van der Waals surface area contributed by atoms with E-state index in [4.69, 9.17) is 9.47 Å². The molecule has 0 amide bonds. The van der Waals surface area contributed by atoms with Crippen molar-refractivity contribution in [2.24, 2.45) is 5.92 Å². The van der Waals surface area contributed by atoms with Gasteiger partial charge in [0.25, 0.3) is 0 Å². The first-order chi connectivity index (χ1) is 19.8. The molecule has 0 radical (unpaired) electrons. The zero-order valence-corrected chi connectivity index (χ0v) is 24.9. The number of aryl methyl sites for hydroxylation is 2. The first kappa shape index (κ1) is 30.1. The van der Waals surface area contributed by atoms with E-state index in [1.165, 1.54) is 11.1 Å². The maximum Gasteiger partial charge on any atom is 0.305 e. The number of aromatic nitrogens is 1. The number of pyridine rings is 1. The number of hydrogen-bond donors (Lipinski definition) is 0. The van der Waals surface area contributed by atoms with Gasteiger partial charge in [0.1, 0.15) is 5.75 Å². The zero-order chi connectivity index (χ0) is 29.2. The van der Waals surface area contributed by atoms with Crippen molar-refractivity contribution in [1.82, 2.24) is 4.40 Å². The van der Waals surface area contributed by atoms with E-state index in [0.717, 1.165) is 42.6 Å². The fourth-order valence-electron chi connectivity index (χ4n) is 5.28. The van der Waals surface area contributed by atoms with E-state index in [-0.39, 0.29) is 17.9 Å². The molecule has 5 heteroatoms. The summed E-state index contributed by atoms with van der Waals surface area (Å²) in [6.07, 6.45) is 7.96. The smallest absolute Gasteiger partial charge is 0.305 e. The first-order valence-corrected chi connectivity index (χ1v) is 15.0. The molecule has 0 saturated carbocycles. The van der Waals surface area contributed by atoms with Gasteiger partial charge in [-0.15, -0.1) is 0 Å². The lowest BCUT2D eigenvalue weighted by atomic mass is 10.00. The number of hydrogen-bond acceptors (Lipinski definition) is 4. The molecule has 216 valence electrons. The van der Waals surface area contributed by atoms with E-state index in [0.29, 0.717) is 42.9 Å². The van der Waals surface area contributed by atoms with Crippen LogP contribution in [0, 0.1) is 5.92 Å². The highest BCUT2D eigenvalue weighted by Gasteiger charge is 2.17. The third-order valence-corrected chi connectivity index (χ3v) is 7.32. The van der Waals surface area contributed by atoms with Gasteiger partial charge in [-0.3, -0.25) is 9.59 Å². The SMILES string of the molecule is CCOC(=O)CCCc1cc(C(=O)c2ccc(OC(C)CCCc3ccc(CC(C)C)cc3)cc2)c2ccccn12. The normalized spacial score (nSPS) is 12.0. The molecule has 2 aromatic carbocycles. The van der Waals surface area contributed by atoms with Crippen molar-refractivity contribution in [3.05, 3.63) is 107 Å². The maximum atomic E-state index is 13.5. The number of ether oxygens (including phenoxy) is 2. The number of rotatable bonds is 15. The van der Waals surface area contributed by atoms with Gasteiger partial charge in [-0.05, 0) is 112 Å². The Labute approximate surface area is 244 Å². The molecular formula is C36H43NO4. The summed E-state index contributed by atoms with van der Waals surface area (Å²) in [4.78, 5) is 25.2. The molecule has 1 atom stereocenters. The Morgan fingerprint density at radius 1 is 0.854 bits per heavy atom. The largest absolute Gasteiger partial charge is 0.491 e. The third kappa shape index (κ3) is 8.56. The highest BCUT2D eigenvalue weighted by molar-refractivity contribution is 6.13. The molecule has 5 nitrogen and oxygen atoms in total. The predicted octanol–water partition coefficient (Wildman–Crippen LogP) is 8.04. The van der Waals surface area contributed by atoms with E-state index in [1.807, 2.05) is 66.1 Å². The number of nitrogens with zero attached hydrogens (tertiary/aromatic N) is 1. The zero-order valence-electron chi connectivity index (χ0n) is 24.9. The standard InChI is InChI=1S/C36H43NO4/c1-5-40-35(38)14-9-12-31-25-33(34-13-6-7-23-37(31)34)36(39)30-19-21-32(22-20-30)41-27(4)10-8-11-28-15-17-29(18-16-28)24-26(2)3/h6-7,13,15-23,25-27H,5,8-12,14,24H2,1-4H3. The number of carbonyl (C=O) groups excluding carboxylic acids is 2. The van der Waals surface area contributed by atoms with E-state index < -0.39 is 0 Å². The molecular weight excluding hydrogens is 510 g/mol. The van der Waals surface area contributed by atoms with Crippen molar-refractivity contribution in [1.29, 1.82) is 0 Å². The second kappa shape index (κ2) is 14.7. The van der Waals surface area contributed by atoms with Gasteiger partial charge in [0, 0.05) is 29.4 Å². The Bertz CT molecular complexity index is 1420. The van der Waals surface area contributed by atoms with Crippen molar-refractivity contribution < 1.29 is 19.1 Å². The molecule has 2 aromatic heterocycles. The van der Waals surface area contributed by atoms with Gasteiger partial charge in [-0.1, -0.05) is 44.2 Å². The van der Waals surface area contributed by atoms with Gasteiger partial charge >= 0.3 is 5.97 Å². The number of ketones is 1. The number of fused-ring (bicyclic) bond motifs is 1. The molecule has 0 aliphatic heterocycles. The predicted molar refractivity (Wildman–Crippen MR) is 165 cm³/mol. The number of benzene rings is 2. The molecule has 41 heavy (non-hydrogen) atoms. The van der Waals surface area contributed by atoms with E-state index >= 15 is 0 Å². The van der Waals surface area contributed by atoms with Crippen LogP contribution < -0.4 is 4.74 Å². The van der Waals surface area contributed by atoms with Crippen LogP contribution in [0.25, 0.3) is 5.52 Å². The van der Waals surface area contributed by atoms with Crippen molar-refractivity contribution >= 4 is 17.3 Å². The van der Waals surface area contributed by atoms with Crippen LogP contribution in [0.4, 0.5) is 0 Å². The lowest BCUT2D eigenvalue weighted by Crippen LogP contribution is -2.12. The summed E-state index contributed by atoms with van der Waals surface area (Å²) in [6, 6.07) is 24.3. The minimum atomic E-state index is -0.187. The fraction of sp³-hybridized carbons (Fsp3) is 0.389. The minimum Gasteiger partial charge on any atom is -0.491 e. The van der Waals surface area contributed by atoms with E-state index in [9.17, 15) is 9.59 Å². The highest BCUT2D eigenvalue weighted by Crippen LogP contribution is 2.24. The summed E-state index contributed by atoms with van der Waals surface area (Å²) in [5.41, 5.74) is 5.93. The number of esters is 1. The van der Waals surface area contributed by atoms with Crippen LogP contribution >= 0.6 is 0 Å². The molecule has 0 fully saturated rings. The molecule has 0 bridgehead atoms. The Hall–Kier alpha value is -3.86. The Morgan fingerprint density at radius 2 is 1.59 bits per heavy atom. The van der Waals surface area contributed by atoms with Crippen LogP contribution in [0.5, 0.6) is 5.75 Å². The minimum absolute atomic E-state index is 0.0237. The Balaban J connectivity index is 1.32. The highest BCUT2D eigenvalue weighted by atomic mass is 16.5. The summed E-state index contributed by atoms with van der Waals surface area (Å²) in [5.74, 6) is 1.24. The monoisotopic (exact) mass is 553 g/mol. The molecule has 0 aliphatic carbocycles. The second-order valence-electron chi connectivity index (χ2n) is 11.3. The van der Waals surface area contributed by atoms with E-state index in [2.05, 4.69) is 45.0 Å². The molecule has 0 saturated heterocycles. The van der Waals surface area contributed by atoms with E-state index in [1.54, 1.807) is 0 Å². The lowest BCUT2D eigenvalue weighted by molar-refractivity contribution is -0.143. The summed E-state index contributed by atoms with van der Waals surface area (Å²) < 4.78 is 13.2. The van der Waals surface area contributed by atoms with Crippen LogP contribution in [0.1, 0.15) is 86.1 Å². The van der Waals surface area contributed by atoms with Crippen molar-refractivity contribution in [3.8, 4) is 5.75 Å². The number of carbonyl (C=O) groups is 2. The molecule has 0 aliphatic rings. The van der Waals surface area contributed by atoms with Gasteiger partial charge in [-0.25, -0.2) is 0 Å². The van der Waals surface area contributed by atoms with Crippen LogP contribution in [0.15, 0.2) is 79.0 Å². The van der Waals surface area contributed by atoms with Crippen molar-refractivity contribution in [2.45, 2.75) is 78.7 Å². The van der Waals surface area contributed by atoms with Crippen molar-refractivity contribution in [2.75, 3.05) is 6.61 Å². The van der Waals surface area contributed by atoms with Gasteiger partial charge in [0.15, 0.2) is 5.78 Å². The topological polar surface area (TPSA) is 57.0 Å². The molecule has 4 aromatic rings. The summed E-state index contributed by atoms with van der Waals surface area (Å²) in [5, 5.41) is 0. The maximum absolute atomic E-state index is 13.5. The fourth-order valence-corrected chi connectivity index (χ4v) is 5.28. The third-order valence-electron chi connectivity index (χ3n) is 7.32. The molecule has 2 heterocycles. The lowest BCUT2D eigenvalue weighted by Gasteiger charge is -2.15. The molecule has 4 rings (SSSR count). The molecule has 0 N–H and O–H groups in total. The molecule has 1 unspecified atom stereocenters. The average Bonchev–Trinajstić information content (AvgIpc) is 3.32. The Morgan fingerprint density at radius 3 is 2.29 bits per heavy atom. The molecule has 0 spiro atoms. The summed E-state index contributed by atoms with van der Waals surface area (Å²) in [6.45, 7) is 8.80. The quantitative estimate of drug-likeness (QED) is 0.110. The Kier molecular flexibility index (Phi) is 10.8. The van der Waals surface area contributed by atoms with Crippen LogP contribution in [-0.4, -0.2) is 28.9 Å². The summed E-state index contributed by atoms with van der Waals surface area (Å²) in [7, 11) is 0. The average molecular weight is 554 g/mol.